The van der Waals surface area contributed by atoms with Crippen molar-refractivity contribution in [3.05, 3.63) is 34.3 Å². The number of likely N-dealkylation sites (tertiary alicyclic amines) is 1. The van der Waals surface area contributed by atoms with E-state index in [1.807, 2.05) is 24.3 Å². The maximum atomic E-state index is 12.0. The second-order valence-electron chi connectivity index (χ2n) is 6.07. The number of hydrogen-bond donors (Lipinski definition) is 1. The van der Waals surface area contributed by atoms with Crippen molar-refractivity contribution in [3.63, 3.8) is 0 Å². The predicted molar refractivity (Wildman–Crippen MR) is 90.3 cm³/mol. The highest BCUT2D eigenvalue weighted by atomic mass is 79.9. The summed E-state index contributed by atoms with van der Waals surface area (Å²) in [5.41, 5.74) is 1.05. The molecule has 4 heteroatoms. The second-order valence-corrected chi connectivity index (χ2v) is 6.99. The fraction of sp³-hybridized carbons (Fsp3) is 0.588. The van der Waals surface area contributed by atoms with Crippen LogP contribution in [-0.4, -0.2) is 37.0 Å². The molecule has 2 rings (SSSR count). The summed E-state index contributed by atoms with van der Waals surface area (Å²) >= 11 is 3.40. The summed E-state index contributed by atoms with van der Waals surface area (Å²) in [5.74, 6) is 0.625. The molecule has 1 saturated heterocycles. The number of hydrogen-bond acceptors (Lipinski definition) is 2. The number of carbonyl (C=O) groups is 1. The molecule has 0 radical (unpaired) electrons. The lowest BCUT2D eigenvalue weighted by atomic mass is 10.1. The van der Waals surface area contributed by atoms with E-state index >= 15 is 0 Å². The highest BCUT2D eigenvalue weighted by Gasteiger charge is 2.14. The van der Waals surface area contributed by atoms with Gasteiger partial charge in [-0.3, -0.25) is 4.79 Å². The van der Waals surface area contributed by atoms with Crippen LogP contribution >= 0.6 is 15.9 Å². The molecule has 21 heavy (non-hydrogen) atoms. The van der Waals surface area contributed by atoms with E-state index < -0.39 is 0 Å². The zero-order valence-corrected chi connectivity index (χ0v) is 14.4. The molecule has 1 N–H and O–H groups in total. The number of amides is 1. The first-order valence-electron chi connectivity index (χ1n) is 7.87. The van der Waals surface area contributed by atoms with Crippen molar-refractivity contribution in [1.82, 2.24) is 10.2 Å². The zero-order valence-electron chi connectivity index (χ0n) is 12.8. The summed E-state index contributed by atoms with van der Waals surface area (Å²) in [6.45, 7) is 6.52. The molecule has 1 aliphatic heterocycles. The van der Waals surface area contributed by atoms with E-state index in [0.717, 1.165) is 23.1 Å². The Balaban J connectivity index is 1.66. The smallest absolute Gasteiger partial charge is 0.224 e. The SMILES string of the molecule is CC(CNC(=O)Cc1ccc(Br)cc1)CN1CCCCC1. The van der Waals surface area contributed by atoms with Gasteiger partial charge in [-0.15, -0.1) is 0 Å². The zero-order chi connectivity index (χ0) is 15.1. The van der Waals surface area contributed by atoms with Gasteiger partial charge in [0.05, 0.1) is 6.42 Å². The molecule has 0 bridgehead atoms. The van der Waals surface area contributed by atoms with Crippen molar-refractivity contribution in [2.24, 2.45) is 5.92 Å². The quantitative estimate of drug-likeness (QED) is 0.852. The van der Waals surface area contributed by atoms with E-state index in [1.54, 1.807) is 0 Å². The van der Waals surface area contributed by atoms with E-state index in [1.165, 1.54) is 32.4 Å². The standard InChI is InChI=1S/C17H25BrN2O/c1-14(13-20-9-3-2-4-10-20)12-19-17(21)11-15-5-7-16(18)8-6-15/h5-8,14H,2-4,9-13H2,1H3,(H,19,21). The first-order valence-corrected chi connectivity index (χ1v) is 8.66. The Morgan fingerprint density at radius 3 is 2.57 bits per heavy atom. The molecule has 116 valence electrons. The lowest BCUT2D eigenvalue weighted by molar-refractivity contribution is -0.120. The van der Waals surface area contributed by atoms with Crippen LogP contribution in [0.25, 0.3) is 0 Å². The van der Waals surface area contributed by atoms with Crippen LogP contribution in [0.15, 0.2) is 28.7 Å². The lowest BCUT2D eigenvalue weighted by Gasteiger charge is -2.29. The summed E-state index contributed by atoms with van der Waals surface area (Å²) in [6.07, 6.45) is 4.48. The summed E-state index contributed by atoms with van der Waals surface area (Å²) in [4.78, 5) is 14.5. The van der Waals surface area contributed by atoms with Crippen molar-refractivity contribution in [2.45, 2.75) is 32.6 Å². The minimum absolute atomic E-state index is 0.114. The van der Waals surface area contributed by atoms with Crippen LogP contribution in [0.3, 0.4) is 0 Å². The Hall–Kier alpha value is -0.870. The number of nitrogens with zero attached hydrogens (tertiary/aromatic N) is 1. The molecule has 1 heterocycles. The Morgan fingerprint density at radius 1 is 1.24 bits per heavy atom. The van der Waals surface area contributed by atoms with E-state index in [0.29, 0.717) is 12.3 Å². The highest BCUT2D eigenvalue weighted by molar-refractivity contribution is 9.10. The van der Waals surface area contributed by atoms with Crippen molar-refractivity contribution < 1.29 is 4.79 Å². The molecule has 0 aromatic heterocycles. The first-order chi connectivity index (χ1) is 10.1. The van der Waals surface area contributed by atoms with Crippen LogP contribution in [0.1, 0.15) is 31.7 Å². The summed E-state index contributed by atoms with van der Waals surface area (Å²) in [5, 5.41) is 3.06. The molecule has 1 aliphatic rings. The topological polar surface area (TPSA) is 32.3 Å². The van der Waals surface area contributed by atoms with Gasteiger partial charge in [-0.05, 0) is 49.5 Å². The molecule has 1 atom stereocenters. The average molecular weight is 353 g/mol. The molecule has 1 amide bonds. The summed E-state index contributed by atoms with van der Waals surface area (Å²) in [7, 11) is 0. The summed E-state index contributed by atoms with van der Waals surface area (Å²) < 4.78 is 1.04. The Bertz CT molecular complexity index is 441. The van der Waals surface area contributed by atoms with Gasteiger partial charge in [-0.2, -0.15) is 0 Å². The maximum absolute atomic E-state index is 12.0. The molecular weight excluding hydrogens is 328 g/mol. The van der Waals surface area contributed by atoms with Gasteiger partial charge in [0.25, 0.3) is 0 Å². The minimum atomic E-state index is 0.114. The molecule has 3 nitrogen and oxygen atoms in total. The Kier molecular flexibility index (Phi) is 6.71. The Morgan fingerprint density at radius 2 is 1.90 bits per heavy atom. The van der Waals surface area contributed by atoms with Gasteiger partial charge in [0.2, 0.25) is 5.91 Å². The van der Waals surface area contributed by atoms with E-state index in [9.17, 15) is 4.79 Å². The van der Waals surface area contributed by atoms with Gasteiger partial charge < -0.3 is 10.2 Å². The van der Waals surface area contributed by atoms with Gasteiger partial charge >= 0.3 is 0 Å². The van der Waals surface area contributed by atoms with Crippen LogP contribution in [0, 0.1) is 5.92 Å². The van der Waals surface area contributed by atoms with Crippen molar-refractivity contribution in [3.8, 4) is 0 Å². The second kappa shape index (κ2) is 8.54. The van der Waals surface area contributed by atoms with E-state index in [2.05, 4.69) is 33.1 Å². The summed E-state index contributed by atoms with van der Waals surface area (Å²) in [6, 6.07) is 7.92. The third-order valence-corrected chi connectivity index (χ3v) is 4.47. The monoisotopic (exact) mass is 352 g/mol. The molecule has 0 spiro atoms. The van der Waals surface area contributed by atoms with E-state index in [4.69, 9.17) is 0 Å². The normalized spacial score (nSPS) is 17.4. The molecule has 1 aromatic rings. The third kappa shape index (κ3) is 6.18. The lowest BCUT2D eigenvalue weighted by Crippen LogP contribution is -2.38. The number of benzene rings is 1. The maximum Gasteiger partial charge on any atom is 0.224 e. The van der Waals surface area contributed by atoms with Gasteiger partial charge in [-0.25, -0.2) is 0 Å². The molecule has 1 unspecified atom stereocenters. The number of halogens is 1. The van der Waals surface area contributed by atoms with Gasteiger partial charge in [0.1, 0.15) is 0 Å². The van der Waals surface area contributed by atoms with Crippen LogP contribution < -0.4 is 5.32 Å². The fourth-order valence-electron chi connectivity index (χ4n) is 2.79. The van der Waals surface area contributed by atoms with Crippen LogP contribution in [0.2, 0.25) is 0 Å². The molecule has 0 aliphatic carbocycles. The molecule has 1 aromatic carbocycles. The Labute approximate surface area is 136 Å². The highest BCUT2D eigenvalue weighted by Crippen LogP contribution is 2.12. The van der Waals surface area contributed by atoms with Crippen molar-refractivity contribution >= 4 is 21.8 Å². The minimum Gasteiger partial charge on any atom is -0.355 e. The van der Waals surface area contributed by atoms with Crippen molar-refractivity contribution in [2.75, 3.05) is 26.2 Å². The number of nitrogens with one attached hydrogen (secondary N) is 1. The van der Waals surface area contributed by atoms with Crippen molar-refractivity contribution in [1.29, 1.82) is 0 Å². The number of piperidine rings is 1. The fourth-order valence-corrected chi connectivity index (χ4v) is 3.05. The molecule has 1 fully saturated rings. The predicted octanol–water partition coefficient (Wildman–Crippen LogP) is 3.23. The average Bonchev–Trinajstić information content (AvgIpc) is 2.49. The van der Waals surface area contributed by atoms with Gasteiger partial charge in [-0.1, -0.05) is 41.4 Å². The van der Waals surface area contributed by atoms with Gasteiger partial charge in [0.15, 0.2) is 0 Å². The molecular formula is C17H25BrN2O. The van der Waals surface area contributed by atoms with Crippen LogP contribution in [0.4, 0.5) is 0 Å². The van der Waals surface area contributed by atoms with Crippen LogP contribution in [0.5, 0.6) is 0 Å². The van der Waals surface area contributed by atoms with Gasteiger partial charge in [0, 0.05) is 17.6 Å². The first kappa shape index (κ1) is 16.5. The number of rotatable bonds is 6. The largest absolute Gasteiger partial charge is 0.355 e. The third-order valence-electron chi connectivity index (χ3n) is 3.94. The number of carbonyl (C=O) groups excluding carboxylic acids is 1. The van der Waals surface area contributed by atoms with Crippen LogP contribution in [-0.2, 0) is 11.2 Å². The molecule has 0 saturated carbocycles. The van der Waals surface area contributed by atoms with E-state index in [-0.39, 0.29) is 5.91 Å².